The van der Waals surface area contributed by atoms with Gasteiger partial charge >= 0.3 is 5.69 Å². The van der Waals surface area contributed by atoms with Gasteiger partial charge in [-0.05, 0) is 25.5 Å². The highest BCUT2D eigenvalue weighted by Crippen LogP contribution is 2.20. The molecule has 9 nitrogen and oxygen atoms in total. The molecule has 2 aromatic heterocycles. The number of sulfone groups is 1. The summed E-state index contributed by atoms with van der Waals surface area (Å²) >= 11 is 0. The monoisotopic (exact) mass is 459 g/mol. The van der Waals surface area contributed by atoms with Crippen LogP contribution in [0.5, 0.6) is 0 Å². The van der Waals surface area contributed by atoms with Crippen LogP contribution in [0.25, 0.3) is 11.2 Å². The second-order valence-corrected chi connectivity index (χ2v) is 10.7. The standard InChI is InChI=1S/C22H29N5O4S/c1-3-4-11-26-18(14-25(2)17-10-12-32(30,31)15-17)23-20-19(26)21(28)24-22(29)27(20)13-16-8-6-5-7-9-16/h5-9,17H,3-4,10-15H2,1-2H3,(H,24,28,29). The zero-order valence-corrected chi connectivity index (χ0v) is 19.3. The van der Waals surface area contributed by atoms with E-state index in [1.807, 2.05) is 46.8 Å². The number of hydrogen-bond donors (Lipinski definition) is 1. The zero-order chi connectivity index (χ0) is 22.9. The van der Waals surface area contributed by atoms with Crippen LogP contribution >= 0.6 is 0 Å². The summed E-state index contributed by atoms with van der Waals surface area (Å²) in [4.78, 5) is 34.7. The summed E-state index contributed by atoms with van der Waals surface area (Å²) < 4.78 is 27.2. The third kappa shape index (κ3) is 4.56. The van der Waals surface area contributed by atoms with E-state index in [0.29, 0.717) is 43.0 Å². The van der Waals surface area contributed by atoms with Gasteiger partial charge in [0.15, 0.2) is 21.0 Å². The second-order valence-electron chi connectivity index (χ2n) is 8.51. The molecule has 10 heteroatoms. The number of imidazole rings is 1. The van der Waals surface area contributed by atoms with Crippen LogP contribution in [0, 0.1) is 0 Å². The molecule has 1 atom stereocenters. The highest BCUT2D eigenvalue weighted by molar-refractivity contribution is 7.91. The van der Waals surface area contributed by atoms with Crippen LogP contribution in [-0.4, -0.2) is 57.0 Å². The molecule has 0 saturated carbocycles. The van der Waals surface area contributed by atoms with E-state index in [0.717, 1.165) is 18.4 Å². The van der Waals surface area contributed by atoms with Crippen LogP contribution in [0.3, 0.4) is 0 Å². The Balaban J connectivity index is 1.78. The lowest BCUT2D eigenvalue weighted by molar-refractivity contribution is 0.244. The van der Waals surface area contributed by atoms with Gasteiger partial charge in [0, 0.05) is 12.6 Å². The number of fused-ring (bicyclic) bond motifs is 1. The van der Waals surface area contributed by atoms with Crippen molar-refractivity contribution in [3.05, 3.63) is 62.6 Å². The maximum Gasteiger partial charge on any atom is 0.330 e. The quantitative estimate of drug-likeness (QED) is 0.545. The number of benzene rings is 1. The smallest absolute Gasteiger partial charge is 0.321 e. The van der Waals surface area contributed by atoms with E-state index in [1.54, 1.807) is 0 Å². The van der Waals surface area contributed by atoms with Crippen LogP contribution in [0.1, 0.15) is 37.6 Å². The molecule has 32 heavy (non-hydrogen) atoms. The predicted molar refractivity (Wildman–Crippen MR) is 124 cm³/mol. The van der Waals surface area contributed by atoms with Crippen molar-refractivity contribution in [2.24, 2.45) is 0 Å². The van der Waals surface area contributed by atoms with Gasteiger partial charge in [-0.25, -0.2) is 18.2 Å². The highest BCUT2D eigenvalue weighted by Gasteiger charge is 2.31. The molecular formula is C22H29N5O4S. The van der Waals surface area contributed by atoms with Gasteiger partial charge in [-0.3, -0.25) is 19.2 Å². The van der Waals surface area contributed by atoms with E-state index in [9.17, 15) is 18.0 Å². The molecule has 0 spiro atoms. The molecule has 172 valence electrons. The summed E-state index contributed by atoms with van der Waals surface area (Å²) in [5.74, 6) is 1.00. The zero-order valence-electron chi connectivity index (χ0n) is 18.5. The molecule has 0 amide bonds. The molecular weight excluding hydrogens is 430 g/mol. The molecule has 0 aliphatic carbocycles. The van der Waals surface area contributed by atoms with Crippen LogP contribution < -0.4 is 11.2 Å². The molecule has 1 unspecified atom stereocenters. The van der Waals surface area contributed by atoms with E-state index >= 15 is 0 Å². The summed E-state index contributed by atoms with van der Waals surface area (Å²) in [6.45, 7) is 3.38. The molecule has 0 radical (unpaired) electrons. The van der Waals surface area contributed by atoms with Crippen LogP contribution in [0.15, 0.2) is 39.9 Å². The van der Waals surface area contributed by atoms with Crippen LogP contribution in [0.2, 0.25) is 0 Å². The topological polar surface area (TPSA) is 110 Å². The van der Waals surface area contributed by atoms with Gasteiger partial charge in [-0.1, -0.05) is 43.7 Å². The number of unbranched alkanes of at least 4 members (excludes halogenated alkanes) is 1. The Hall–Kier alpha value is -2.72. The third-order valence-corrected chi connectivity index (χ3v) is 7.86. The maximum atomic E-state index is 12.8. The Morgan fingerprint density at radius 2 is 1.94 bits per heavy atom. The largest absolute Gasteiger partial charge is 0.330 e. The summed E-state index contributed by atoms with van der Waals surface area (Å²) in [7, 11) is -1.12. The molecule has 1 N–H and O–H groups in total. The minimum Gasteiger partial charge on any atom is -0.321 e. The van der Waals surface area contributed by atoms with E-state index in [1.165, 1.54) is 4.57 Å². The second kappa shape index (κ2) is 9.03. The molecule has 4 rings (SSSR count). The Kier molecular flexibility index (Phi) is 6.34. The van der Waals surface area contributed by atoms with Crippen molar-refractivity contribution in [2.75, 3.05) is 18.6 Å². The van der Waals surface area contributed by atoms with E-state index in [4.69, 9.17) is 4.98 Å². The summed E-state index contributed by atoms with van der Waals surface area (Å²) in [5, 5.41) is 0. The number of hydrogen-bond acceptors (Lipinski definition) is 6. The van der Waals surface area contributed by atoms with Gasteiger partial charge in [-0.2, -0.15) is 0 Å². The fourth-order valence-corrected chi connectivity index (χ4v) is 6.09. The lowest BCUT2D eigenvalue weighted by atomic mass is 10.2. The van der Waals surface area contributed by atoms with Gasteiger partial charge in [0.05, 0.1) is 24.6 Å². The first-order chi connectivity index (χ1) is 15.3. The van der Waals surface area contributed by atoms with Crippen molar-refractivity contribution >= 4 is 21.0 Å². The SMILES string of the molecule is CCCCn1c(CN(C)C2CCS(=O)(=O)C2)nc2c1c(=O)[nH]c(=O)n2Cc1ccccc1. The molecule has 1 saturated heterocycles. The van der Waals surface area contributed by atoms with Crippen LogP contribution in [0.4, 0.5) is 0 Å². The normalized spacial score (nSPS) is 18.0. The number of rotatable bonds is 8. The van der Waals surface area contributed by atoms with Crippen molar-refractivity contribution in [1.29, 1.82) is 0 Å². The number of H-pyrrole nitrogens is 1. The van der Waals surface area contributed by atoms with Crippen molar-refractivity contribution < 1.29 is 8.42 Å². The minimum absolute atomic E-state index is 0.0794. The average Bonchev–Trinajstić information content (AvgIpc) is 3.30. The lowest BCUT2D eigenvalue weighted by Gasteiger charge is -2.23. The number of aryl methyl sites for hydroxylation is 1. The van der Waals surface area contributed by atoms with Gasteiger partial charge < -0.3 is 4.57 Å². The maximum absolute atomic E-state index is 12.8. The van der Waals surface area contributed by atoms with Gasteiger partial charge in [0.2, 0.25) is 0 Å². The molecule has 1 aromatic carbocycles. The summed E-state index contributed by atoms with van der Waals surface area (Å²) in [5.41, 5.74) is 0.738. The fourth-order valence-electron chi connectivity index (χ4n) is 4.28. The number of aromatic nitrogens is 4. The number of nitrogens with one attached hydrogen (secondary N) is 1. The minimum atomic E-state index is -3.00. The first-order valence-electron chi connectivity index (χ1n) is 11.0. The van der Waals surface area contributed by atoms with Gasteiger partial charge in [0.1, 0.15) is 5.82 Å². The molecule has 1 aliphatic heterocycles. The average molecular weight is 460 g/mol. The summed E-state index contributed by atoms with van der Waals surface area (Å²) in [6, 6.07) is 9.48. The Bertz CT molecular complexity index is 1320. The molecule has 0 bridgehead atoms. The molecule has 1 aliphatic rings. The molecule has 3 aromatic rings. The van der Waals surface area contributed by atoms with Crippen molar-refractivity contribution in [2.45, 2.75) is 51.9 Å². The van der Waals surface area contributed by atoms with E-state index in [2.05, 4.69) is 11.9 Å². The third-order valence-electron chi connectivity index (χ3n) is 6.11. The molecule has 3 heterocycles. The predicted octanol–water partition coefficient (Wildman–Crippen LogP) is 1.35. The number of aromatic amines is 1. The van der Waals surface area contributed by atoms with Gasteiger partial charge in [-0.15, -0.1) is 0 Å². The van der Waals surface area contributed by atoms with Crippen LogP contribution in [-0.2, 0) is 29.5 Å². The van der Waals surface area contributed by atoms with E-state index < -0.39 is 21.1 Å². The summed E-state index contributed by atoms with van der Waals surface area (Å²) in [6.07, 6.45) is 2.39. The van der Waals surface area contributed by atoms with Gasteiger partial charge in [0.25, 0.3) is 5.56 Å². The highest BCUT2D eigenvalue weighted by atomic mass is 32.2. The first kappa shape index (κ1) is 22.5. The Morgan fingerprint density at radius 1 is 1.19 bits per heavy atom. The number of nitrogens with zero attached hydrogens (tertiary/aromatic N) is 4. The van der Waals surface area contributed by atoms with E-state index in [-0.39, 0.29) is 17.5 Å². The Labute approximate surface area is 186 Å². The lowest BCUT2D eigenvalue weighted by Crippen LogP contribution is -2.33. The molecule has 1 fully saturated rings. The van der Waals surface area contributed by atoms with Crippen molar-refractivity contribution in [3.8, 4) is 0 Å². The van der Waals surface area contributed by atoms with Crippen molar-refractivity contribution in [3.63, 3.8) is 0 Å². The Morgan fingerprint density at radius 3 is 2.59 bits per heavy atom. The fraction of sp³-hybridized carbons (Fsp3) is 0.500. The first-order valence-corrected chi connectivity index (χ1v) is 12.8. The van der Waals surface area contributed by atoms with Crippen molar-refractivity contribution in [1.82, 2.24) is 24.0 Å².